The molecule has 0 fully saturated rings. The molecule has 0 rings (SSSR count). The maximum atomic E-state index is 11.4. The summed E-state index contributed by atoms with van der Waals surface area (Å²) in [6.07, 6.45) is -6.33. The molecule has 120 valence electrons. The van der Waals surface area contributed by atoms with Crippen LogP contribution in [0.25, 0.3) is 0 Å². The van der Waals surface area contributed by atoms with E-state index in [-0.39, 0.29) is 0 Å². The maximum Gasteiger partial charge on any atom is 0.477 e. The number of aliphatic hydroxyl groups excluding tert-OH is 4. The third-order valence-electron chi connectivity index (χ3n) is 2.08. The van der Waals surface area contributed by atoms with Crippen LogP contribution in [0.15, 0.2) is 0 Å². The monoisotopic (exact) mass is 339 g/mol. The van der Waals surface area contributed by atoms with Gasteiger partial charge in [0.05, 0.1) is 6.61 Å². The van der Waals surface area contributed by atoms with Crippen LogP contribution in [0.4, 0.5) is 0 Å². The summed E-state index contributed by atoms with van der Waals surface area (Å²) in [7, 11) is -11.0. The molecule has 0 aliphatic heterocycles. The zero-order valence-electron chi connectivity index (χ0n) is 9.75. The minimum Gasteiger partial charge on any atom is -0.394 e. The number of hydrogen-bond acceptors (Lipinski definition) is 9. The quantitative estimate of drug-likeness (QED) is 0.199. The molecule has 0 aromatic heterocycles. The molecule has 0 aromatic carbocycles. The number of aliphatic hydroxyl groups is 4. The molecule has 0 saturated heterocycles. The minimum absolute atomic E-state index is 1.01. The highest BCUT2D eigenvalue weighted by Gasteiger charge is 2.45. The van der Waals surface area contributed by atoms with E-state index in [0.717, 1.165) is 0 Å². The first-order valence-corrected chi connectivity index (χ1v) is 7.99. The van der Waals surface area contributed by atoms with Crippen molar-refractivity contribution in [1.82, 2.24) is 0 Å². The number of rotatable bonds is 8. The number of nitrogens with two attached hydrogens (primary N) is 1. The standard InChI is InChI=1S/C6H15NO11P2/c7-3(5(11)4(10)2(9)1-8)6(12)19(13,14)18-20(15,16)17/h2-5,8-11H,1,7H2,(H,13,14)(H2,15,16,17)/t2-,3-,4-,5-/m1/s1. The Kier molecular flexibility index (Phi) is 7.08. The second kappa shape index (κ2) is 7.16. The molecule has 0 spiro atoms. The lowest BCUT2D eigenvalue weighted by Crippen LogP contribution is -2.52. The van der Waals surface area contributed by atoms with E-state index in [4.69, 9.17) is 30.6 Å². The molecule has 0 heterocycles. The summed E-state index contributed by atoms with van der Waals surface area (Å²) < 4.78 is 25.0. The van der Waals surface area contributed by atoms with Crippen LogP contribution < -0.4 is 5.73 Å². The fraction of sp³-hybridized carbons (Fsp3) is 0.833. The summed E-state index contributed by atoms with van der Waals surface area (Å²) in [5.41, 5.74) is 3.05. The van der Waals surface area contributed by atoms with Crippen LogP contribution in [0.1, 0.15) is 0 Å². The fourth-order valence-corrected chi connectivity index (χ4v) is 3.07. The summed E-state index contributed by atoms with van der Waals surface area (Å²) >= 11 is 0. The van der Waals surface area contributed by atoms with Crippen molar-refractivity contribution < 1.29 is 53.3 Å². The van der Waals surface area contributed by atoms with Crippen molar-refractivity contribution in [3.05, 3.63) is 0 Å². The fourth-order valence-electron chi connectivity index (χ4n) is 1.07. The molecule has 0 aliphatic rings. The van der Waals surface area contributed by atoms with Crippen molar-refractivity contribution in [2.24, 2.45) is 5.73 Å². The second-order valence-corrected chi connectivity index (χ2v) is 6.80. The molecule has 12 nitrogen and oxygen atoms in total. The van der Waals surface area contributed by atoms with Crippen LogP contribution in [-0.4, -0.2) is 71.6 Å². The van der Waals surface area contributed by atoms with Gasteiger partial charge >= 0.3 is 15.4 Å². The van der Waals surface area contributed by atoms with E-state index in [1.54, 1.807) is 0 Å². The van der Waals surface area contributed by atoms with Gasteiger partial charge in [0.25, 0.3) is 5.52 Å². The van der Waals surface area contributed by atoms with Gasteiger partial charge in [0.2, 0.25) is 0 Å². The Morgan fingerprint density at radius 1 is 1.10 bits per heavy atom. The first kappa shape index (κ1) is 19.8. The molecular weight excluding hydrogens is 324 g/mol. The normalized spacial score (nSPS) is 21.6. The highest BCUT2D eigenvalue weighted by molar-refractivity contribution is 7.76. The van der Waals surface area contributed by atoms with Crippen LogP contribution >= 0.6 is 15.4 Å². The first-order chi connectivity index (χ1) is 8.83. The first-order valence-electron chi connectivity index (χ1n) is 4.88. The Morgan fingerprint density at radius 3 is 1.90 bits per heavy atom. The lowest BCUT2D eigenvalue weighted by Gasteiger charge is -2.26. The number of phosphoric acid groups is 1. The number of carbonyl (C=O) groups excluding carboxylic acids is 1. The Labute approximate surface area is 112 Å². The third-order valence-corrected chi connectivity index (χ3v) is 4.67. The van der Waals surface area contributed by atoms with Crippen molar-refractivity contribution >= 4 is 20.9 Å². The van der Waals surface area contributed by atoms with E-state index < -0.39 is 51.9 Å². The lowest BCUT2D eigenvalue weighted by atomic mass is 10.0. The number of carbonyl (C=O) groups is 1. The van der Waals surface area contributed by atoms with Gasteiger partial charge in [0.1, 0.15) is 24.4 Å². The van der Waals surface area contributed by atoms with E-state index in [9.17, 15) is 24.1 Å². The predicted octanol–water partition coefficient (Wildman–Crippen LogP) is -3.79. The molecule has 0 saturated carbocycles. The van der Waals surface area contributed by atoms with Crippen LogP contribution in [0.5, 0.6) is 0 Å². The minimum atomic E-state index is -5.54. The summed E-state index contributed by atoms with van der Waals surface area (Å²) in [5, 5.41) is 36.1. The van der Waals surface area contributed by atoms with E-state index in [2.05, 4.69) is 4.31 Å². The van der Waals surface area contributed by atoms with Gasteiger partial charge in [-0.25, -0.2) is 8.88 Å². The van der Waals surface area contributed by atoms with Gasteiger partial charge in [-0.15, -0.1) is 0 Å². The van der Waals surface area contributed by atoms with E-state index in [1.807, 2.05) is 0 Å². The molecule has 20 heavy (non-hydrogen) atoms. The summed E-state index contributed by atoms with van der Waals surface area (Å²) in [6.45, 7) is -1.01. The Morgan fingerprint density at radius 2 is 1.55 bits per heavy atom. The summed E-state index contributed by atoms with van der Waals surface area (Å²) in [6, 6.07) is -2.30. The lowest BCUT2D eigenvalue weighted by molar-refractivity contribution is -0.123. The molecule has 9 N–H and O–H groups in total. The topological polar surface area (TPSA) is 228 Å². The van der Waals surface area contributed by atoms with Crippen molar-refractivity contribution in [2.75, 3.05) is 6.61 Å². The Hall–Kier alpha value is -0.230. The molecule has 0 amide bonds. The van der Waals surface area contributed by atoms with Gasteiger partial charge in [-0.1, -0.05) is 0 Å². The third kappa shape index (κ3) is 5.64. The molecule has 0 aromatic rings. The Bertz CT molecular complexity index is 435. The van der Waals surface area contributed by atoms with Crippen LogP contribution in [0.3, 0.4) is 0 Å². The van der Waals surface area contributed by atoms with Crippen molar-refractivity contribution in [3.8, 4) is 0 Å². The zero-order chi connectivity index (χ0) is 16.3. The highest BCUT2D eigenvalue weighted by Crippen LogP contribution is 2.57. The van der Waals surface area contributed by atoms with E-state index >= 15 is 0 Å². The van der Waals surface area contributed by atoms with Crippen LogP contribution in [0, 0.1) is 0 Å². The maximum absolute atomic E-state index is 11.4. The Balaban J connectivity index is 5.02. The highest BCUT2D eigenvalue weighted by atomic mass is 31.3. The predicted molar refractivity (Wildman–Crippen MR) is 61.0 cm³/mol. The average Bonchev–Trinajstić information content (AvgIpc) is 2.31. The van der Waals surface area contributed by atoms with Crippen molar-refractivity contribution in [2.45, 2.75) is 24.4 Å². The van der Waals surface area contributed by atoms with Crippen molar-refractivity contribution in [1.29, 1.82) is 0 Å². The van der Waals surface area contributed by atoms with Crippen LogP contribution in [-0.2, 0) is 18.2 Å². The van der Waals surface area contributed by atoms with Gasteiger partial charge in [-0.2, -0.15) is 0 Å². The molecular formula is C6H15NO11P2. The van der Waals surface area contributed by atoms with Crippen molar-refractivity contribution in [3.63, 3.8) is 0 Å². The number of hydrogen-bond donors (Lipinski definition) is 8. The van der Waals surface area contributed by atoms with Gasteiger partial charge in [0, 0.05) is 0 Å². The summed E-state index contributed by atoms with van der Waals surface area (Å²) in [4.78, 5) is 37.1. The second-order valence-electron chi connectivity index (χ2n) is 3.69. The van der Waals surface area contributed by atoms with E-state index in [0.29, 0.717) is 0 Å². The molecule has 0 aliphatic carbocycles. The zero-order valence-corrected chi connectivity index (χ0v) is 11.5. The van der Waals surface area contributed by atoms with E-state index in [1.165, 1.54) is 0 Å². The average molecular weight is 339 g/mol. The SMILES string of the molecule is N[C@@H](C(=O)P(=O)(O)OP(=O)(O)O)[C@@H](O)[C@H](O)[C@H](O)CO. The van der Waals surface area contributed by atoms with Gasteiger partial charge < -0.3 is 40.8 Å². The smallest absolute Gasteiger partial charge is 0.394 e. The molecule has 14 heteroatoms. The van der Waals surface area contributed by atoms with Gasteiger partial charge in [-0.3, -0.25) is 9.36 Å². The molecule has 5 atom stereocenters. The van der Waals surface area contributed by atoms with Gasteiger partial charge in [-0.05, 0) is 0 Å². The summed E-state index contributed by atoms with van der Waals surface area (Å²) in [5.74, 6) is 0. The molecule has 0 bridgehead atoms. The molecule has 1 unspecified atom stereocenters. The van der Waals surface area contributed by atoms with Crippen LogP contribution in [0.2, 0.25) is 0 Å². The van der Waals surface area contributed by atoms with Gasteiger partial charge in [0.15, 0.2) is 0 Å². The molecule has 0 radical (unpaired) electrons. The largest absolute Gasteiger partial charge is 0.477 e.